The molecular formula is C10H9BrF4N2O3S. The molecule has 118 valence electrons. The number of hydrogen-bond acceptors (Lipinski definition) is 3. The summed E-state index contributed by atoms with van der Waals surface area (Å²) in [6.07, 6.45) is -2.92. The minimum atomic E-state index is -4.59. The van der Waals surface area contributed by atoms with E-state index in [9.17, 15) is 30.8 Å². The molecule has 1 rings (SSSR count). The molecule has 0 saturated heterocycles. The third-order valence-corrected chi connectivity index (χ3v) is 4.24. The van der Waals surface area contributed by atoms with E-state index in [1.807, 2.05) is 0 Å². The molecule has 2 N–H and O–H groups in total. The number of nitrogens with zero attached hydrogens (tertiary/aromatic N) is 1. The Morgan fingerprint density at radius 1 is 1.43 bits per heavy atom. The van der Waals surface area contributed by atoms with Gasteiger partial charge < -0.3 is 4.90 Å². The van der Waals surface area contributed by atoms with E-state index in [1.54, 1.807) is 0 Å². The molecule has 0 radical (unpaired) electrons. The number of sulfonamides is 1. The van der Waals surface area contributed by atoms with Crippen LogP contribution in [0.2, 0.25) is 0 Å². The van der Waals surface area contributed by atoms with Crippen LogP contribution in [0.3, 0.4) is 0 Å². The van der Waals surface area contributed by atoms with Crippen LogP contribution in [0.15, 0.2) is 15.4 Å². The van der Waals surface area contributed by atoms with Crippen molar-refractivity contribution in [2.45, 2.75) is 11.3 Å². The molecule has 1 amide bonds. The first-order valence-electron chi connectivity index (χ1n) is 5.20. The molecule has 1 aromatic rings. The Hall–Kier alpha value is -1.20. The maximum absolute atomic E-state index is 14.1. The summed E-state index contributed by atoms with van der Waals surface area (Å²) in [7, 11) is -3.70. The highest BCUT2D eigenvalue weighted by atomic mass is 79.9. The first-order valence-corrected chi connectivity index (χ1v) is 7.54. The third kappa shape index (κ3) is 3.92. The number of alkyl halides is 2. The third-order valence-electron chi connectivity index (χ3n) is 2.38. The van der Waals surface area contributed by atoms with Gasteiger partial charge in [0.05, 0.1) is 6.54 Å². The smallest absolute Gasteiger partial charge is 0.259 e. The molecule has 21 heavy (non-hydrogen) atoms. The molecule has 0 saturated carbocycles. The molecule has 1 aromatic carbocycles. The summed E-state index contributed by atoms with van der Waals surface area (Å²) in [6, 6.07) is 0.520. The quantitative estimate of drug-likeness (QED) is 0.792. The number of carbonyl (C=O) groups is 1. The maximum Gasteiger partial charge on any atom is 0.259 e. The first-order chi connectivity index (χ1) is 9.46. The average molecular weight is 393 g/mol. The molecule has 0 fully saturated rings. The second kappa shape index (κ2) is 6.28. The van der Waals surface area contributed by atoms with Gasteiger partial charge in [0.15, 0.2) is 5.82 Å². The van der Waals surface area contributed by atoms with Crippen molar-refractivity contribution in [1.29, 1.82) is 0 Å². The number of hydrogen-bond donors (Lipinski definition) is 1. The van der Waals surface area contributed by atoms with Crippen LogP contribution in [0.25, 0.3) is 0 Å². The van der Waals surface area contributed by atoms with Crippen LogP contribution >= 0.6 is 15.9 Å². The van der Waals surface area contributed by atoms with Crippen molar-refractivity contribution in [1.82, 2.24) is 4.90 Å². The number of primary sulfonamides is 1. The monoisotopic (exact) mass is 392 g/mol. The Morgan fingerprint density at radius 3 is 2.38 bits per heavy atom. The lowest BCUT2D eigenvalue weighted by atomic mass is 10.1. The van der Waals surface area contributed by atoms with Gasteiger partial charge >= 0.3 is 0 Å². The molecule has 0 unspecified atom stereocenters. The highest BCUT2D eigenvalue weighted by Gasteiger charge is 2.30. The zero-order valence-electron chi connectivity index (χ0n) is 10.4. The minimum absolute atomic E-state index is 0.368. The Labute approximate surface area is 125 Å². The number of benzene rings is 1. The molecule has 11 heteroatoms. The molecule has 0 spiro atoms. The summed E-state index contributed by atoms with van der Waals surface area (Å²) in [4.78, 5) is 11.0. The van der Waals surface area contributed by atoms with Gasteiger partial charge in [0, 0.05) is 11.5 Å². The van der Waals surface area contributed by atoms with Gasteiger partial charge in [-0.05, 0) is 22.0 Å². The number of amides is 1. The summed E-state index contributed by atoms with van der Waals surface area (Å²) in [5.74, 6) is -4.57. The average Bonchev–Trinajstić information content (AvgIpc) is 2.24. The van der Waals surface area contributed by atoms with E-state index in [0.717, 1.165) is 7.05 Å². The SMILES string of the molecule is CN(CC(F)F)C(=O)c1c(F)cc(Br)c(S(N)(=O)=O)c1F. The standard InChI is InChI=1S/C10H9BrF4N2O3S/c1-17(3-6(13)14)10(18)7-5(12)2-4(11)9(8(7)15)21(16,19)20/h2,6H,3H2,1H3,(H2,16,19,20). The summed E-state index contributed by atoms with van der Waals surface area (Å²) in [5.41, 5.74) is -1.27. The van der Waals surface area contributed by atoms with Crippen LogP contribution in [0, 0.1) is 11.6 Å². The van der Waals surface area contributed by atoms with Gasteiger partial charge in [-0.2, -0.15) is 0 Å². The summed E-state index contributed by atoms with van der Waals surface area (Å²) < 4.78 is 74.1. The predicted octanol–water partition coefficient (Wildman–Crippen LogP) is 1.71. The van der Waals surface area contributed by atoms with Crippen molar-refractivity contribution < 1.29 is 30.8 Å². The number of nitrogens with two attached hydrogens (primary N) is 1. The summed E-state index contributed by atoms with van der Waals surface area (Å²) in [6.45, 7) is -1.07. The summed E-state index contributed by atoms with van der Waals surface area (Å²) in [5, 5.41) is 4.77. The Kier molecular flexibility index (Phi) is 5.34. The van der Waals surface area contributed by atoms with Gasteiger partial charge in [-0.1, -0.05) is 0 Å². The van der Waals surface area contributed by atoms with E-state index in [-0.39, 0.29) is 0 Å². The molecule has 0 aliphatic rings. The van der Waals surface area contributed by atoms with Crippen LogP contribution in [0.4, 0.5) is 17.6 Å². The number of rotatable bonds is 4. The van der Waals surface area contributed by atoms with Crippen LogP contribution < -0.4 is 5.14 Å². The lowest BCUT2D eigenvalue weighted by Crippen LogP contribution is -2.33. The second-order valence-corrected chi connectivity index (χ2v) is 6.33. The van der Waals surface area contributed by atoms with E-state index in [4.69, 9.17) is 5.14 Å². The van der Waals surface area contributed by atoms with Crippen LogP contribution in [0.5, 0.6) is 0 Å². The minimum Gasteiger partial charge on any atom is -0.336 e. The Balaban J connectivity index is 3.48. The Morgan fingerprint density at radius 2 is 1.95 bits per heavy atom. The fourth-order valence-corrected chi connectivity index (χ4v) is 3.24. The fraction of sp³-hybridized carbons (Fsp3) is 0.300. The van der Waals surface area contributed by atoms with Crippen molar-refractivity contribution in [3.05, 3.63) is 27.7 Å². The molecular weight excluding hydrogens is 384 g/mol. The normalized spacial score (nSPS) is 11.8. The topological polar surface area (TPSA) is 80.5 Å². The van der Waals surface area contributed by atoms with Crippen molar-refractivity contribution >= 4 is 31.9 Å². The zero-order valence-corrected chi connectivity index (χ0v) is 12.8. The highest BCUT2D eigenvalue weighted by molar-refractivity contribution is 9.10. The van der Waals surface area contributed by atoms with E-state index >= 15 is 0 Å². The molecule has 0 atom stereocenters. The van der Waals surface area contributed by atoms with E-state index < -0.39 is 55.5 Å². The van der Waals surface area contributed by atoms with E-state index in [1.165, 1.54) is 0 Å². The largest absolute Gasteiger partial charge is 0.336 e. The van der Waals surface area contributed by atoms with Gasteiger partial charge in [0.2, 0.25) is 10.0 Å². The highest BCUT2D eigenvalue weighted by Crippen LogP contribution is 2.29. The van der Waals surface area contributed by atoms with Crippen LogP contribution in [-0.2, 0) is 10.0 Å². The lowest BCUT2D eigenvalue weighted by Gasteiger charge is -2.18. The fourth-order valence-electron chi connectivity index (χ4n) is 1.51. The molecule has 0 aliphatic heterocycles. The first kappa shape index (κ1) is 17.9. The van der Waals surface area contributed by atoms with E-state index in [2.05, 4.69) is 15.9 Å². The second-order valence-electron chi connectivity index (χ2n) is 3.98. The molecule has 0 aliphatic carbocycles. The van der Waals surface area contributed by atoms with Crippen molar-refractivity contribution in [2.75, 3.05) is 13.6 Å². The van der Waals surface area contributed by atoms with Crippen molar-refractivity contribution in [3.63, 3.8) is 0 Å². The Bertz CT molecular complexity index is 681. The maximum atomic E-state index is 14.1. The van der Waals surface area contributed by atoms with E-state index in [0.29, 0.717) is 11.0 Å². The molecule has 0 aromatic heterocycles. The van der Waals surface area contributed by atoms with Crippen LogP contribution in [0.1, 0.15) is 10.4 Å². The molecule has 5 nitrogen and oxygen atoms in total. The lowest BCUT2D eigenvalue weighted by molar-refractivity contribution is 0.0611. The van der Waals surface area contributed by atoms with Crippen LogP contribution in [-0.4, -0.2) is 39.2 Å². The van der Waals surface area contributed by atoms with Gasteiger partial charge in [-0.25, -0.2) is 31.1 Å². The molecule has 0 bridgehead atoms. The number of carbonyl (C=O) groups excluding carboxylic acids is 1. The van der Waals surface area contributed by atoms with Gasteiger partial charge in [-0.3, -0.25) is 4.79 Å². The van der Waals surface area contributed by atoms with Crippen molar-refractivity contribution in [2.24, 2.45) is 5.14 Å². The van der Waals surface area contributed by atoms with Crippen molar-refractivity contribution in [3.8, 4) is 0 Å². The van der Waals surface area contributed by atoms with Gasteiger partial charge in [-0.15, -0.1) is 0 Å². The van der Waals surface area contributed by atoms with Gasteiger partial charge in [0.1, 0.15) is 16.3 Å². The molecule has 0 heterocycles. The number of halogens is 5. The summed E-state index contributed by atoms with van der Waals surface area (Å²) >= 11 is 2.61. The van der Waals surface area contributed by atoms with Gasteiger partial charge in [0.25, 0.3) is 12.3 Å². The predicted molar refractivity (Wildman–Crippen MR) is 68.4 cm³/mol. The zero-order chi connectivity index (χ0) is 16.5.